The van der Waals surface area contributed by atoms with E-state index in [4.69, 9.17) is 4.74 Å². The molecular weight excluding hydrogens is 421 g/mol. The number of hydrogen-bond acceptors (Lipinski definition) is 4. The Morgan fingerprint density at radius 2 is 1.97 bits per heavy atom. The number of methoxy groups -OCH3 is 1. The van der Waals surface area contributed by atoms with Crippen LogP contribution in [0, 0.1) is 12.7 Å². The fourth-order valence-corrected chi connectivity index (χ4v) is 3.82. The number of benzene rings is 2. The van der Waals surface area contributed by atoms with Crippen LogP contribution in [0.1, 0.15) is 11.1 Å². The molecule has 8 heteroatoms. The monoisotopic (exact) mass is 447 g/mol. The van der Waals surface area contributed by atoms with Crippen molar-refractivity contribution in [2.75, 3.05) is 13.7 Å². The van der Waals surface area contributed by atoms with Crippen LogP contribution in [0.5, 0.6) is 5.75 Å². The molecule has 33 heavy (non-hydrogen) atoms. The van der Waals surface area contributed by atoms with Gasteiger partial charge in [-0.3, -0.25) is 9.48 Å². The molecule has 0 unspecified atom stereocenters. The van der Waals surface area contributed by atoms with Crippen molar-refractivity contribution in [3.05, 3.63) is 78.0 Å². The number of carbonyl (C=O) groups is 1. The highest BCUT2D eigenvalue weighted by Gasteiger charge is 2.18. The predicted octanol–water partition coefficient (Wildman–Crippen LogP) is 3.77. The lowest BCUT2D eigenvalue weighted by Crippen LogP contribution is -2.29. The number of aromatic nitrogens is 4. The normalized spacial score (nSPS) is 10.9. The van der Waals surface area contributed by atoms with Crippen LogP contribution in [0.25, 0.3) is 22.6 Å². The smallest absolute Gasteiger partial charge is 0.224 e. The first-order valence-electron chi connectivity index (χ1n) is 10.7. The standard InChI is InChI=1S/C25H26FN5O2/c1-17-14-18(4-9-22(17)33-3)15-23(32)27-11-13-31-24(25-28-10-12-30(25)2)21(16-29-31)19-5-7-20(26)8-6-19/h4-10,12,14,16H,11,13,15H2,1-3H3,(H,27,32). The lowest BCUT2D eigenvalue weighted by Gasteiger charge is -2.11. The SMILES string of the molecule is COc1ccc(CC(=O)NCCn2ncc(-c3ccc(F)cc3)c2-c2nccn2C)cc1C. The van der Waals surface area contributed by atoms with E-state index in [1.54, 1.807) is 31.6 Å². The van der Waals surface area contributed by atoms with Gasteiger partial charge in [-0.2, -0.15) is 5.10 Å². The second-order valence-corrected chi connectivity index (χ2v) is 7.83. The van der Waals surface area contributed by atoms with Crippen molar-refractivity contribution in [2.45, 2.75) is 19.9 Å². The Morgan fingerprint density at radius 3 is 2.64 bits per heavy atom. The molecule has 0 saturated heterocycles. The summed E-state index contributed by atoms with van der Waals surface area (Å²) in [5.74, 6) is 1.19. The highest BCUT2D eigenvalue weighted by molar-refractivity contribution is 5.79. The third-order valence-corrected chi connectivity index (χ3v) is 5.50. The predicted molar refractivity (Wildman–Crippen MR) is 124 cm³/mol. The summed E-state index contributed by atoms with van der Waals surface area (Å²) < 4.78 is 22.4. The number of hydrogen-bond donors (Lipinski definition) is 1. The van der Waals surface area contributed by atoms with Crippen molar-refractivity contribution in [1.29, 1.82) is 0 Å². The molecule has 4 aromatic rings. The Balaban J connectivity index is 1.48. The minimum atomic E-state index is -0.292. The van der Waals surface area contributed by atoms with E-state index in [2.05, 4.69) is 15.4 Å². The maximum Gasteiger partial charge on any atom is 0.224 e. The summed E-state index contributed by atoms with van der Waals surface area (Å²) in [6.45, 7) is 2.84. The summed E-state index contributed by atoms with van der Waals surface area (Å²) in [6, 6.07) is 12.0. The molecule has 0 bridgehead atoms. The van der Waals surface area contributed by atoms with E-state index >= 15 is 0 Å². The molecule has 2 aromatic heterocycles. The second-order valence-electron chi connectivity index (χ2n) is 7.83. The Bertz CT molecular complexity index is 1260. The molecular formula is C25H26FN5O2. The molecule has 0 spiro atoms. The van der Waals surface area contributed by atoms with Gasteiger partial charge in [-0.05, 0) is 41.8 Å². The summed E-state index contributed by atoms with van der Waals surface area (Å²) >= 11 is 0. The molecule has 0 aliphatic carbocycles. The zero-order valence-corrected chi connectivity index (χ0v) is 18.9. The molecule has 0 saturated carbocycles. The molecule has 0 atom stereocenters. The number of halogens is 1. The van der Waals surface area contributed by atoms with Crippen molar-refractivity contribution in [2.24, 2.45) is 7.05 Å². The van der Waals surface area contributed by atoms with E-state index in [1.807, 2.05) is 47.6 Å². The third-order valence-electron chi connectivity index (χ3n) is 5.50. The van der Waals surface area contributed by atoms with Gasteiger partial charge in [0.05, 0.1) is 26.3 Å². The summed E-state index contributed by atoms with van der Waals surface area (Å²) in [7, 11) is 3.54. The van der Waals surface area contributed by atoms with E-state index in [-0.39, 0.29) is 18.1 Å². The Kier molecular flexibility index (Phi) is 6.53. The summed E-state index contributed by atoms with van der Waals surface area (Å²) in [5, 5.41) is 7.49. The Morgan fingerprint density at radius 1 is 1.18 bits per heavy atom. The van der Waals surface area contributed by atoms with Gasteiger partial charge in [-0.15, -0.1) is 0 Å². The van der Waals surface area contributed by atoms with Gasteiger partial charge in [-0.25, -0.2) is 9.37 Å². The van der Waals surface area contributed by atoms with Gasteiger partial charge in [0.15, 0.2) is 5.82 Å². The molecule has 2 aromatic carbocycles. The van der Waals surface area contributed by atoms with Crippen LogP contribution in [0.2, 0.25) is 0 Å². The Labute approximate surface area is 191 Å². The minimum absolute atomic E-state index is 0.0657. The molecule has 4 rings (SSSR count). The van der Waals surface area contributed by atoms with Crippen molar-refractivity contribution < 1.29 is 13.9 Å². The number of ether oxygens (including phenoxy) is 1. The number of nitrogens with zero attached hydrogens (tertiary/aromatic N) is 4. The van der Waals surface area contributed by atoms with E-state index in [0.29, 0.717) is 13.1 Å². The van der Waals surface area contributed by atoms with Crippen molar-refractivity contribution >= 4 is 5.91 Å². The van der Waals surface area contributed by atoms with Crippen LogP contribution in [-0.2, 0) is 24.8 Å². The summed E-state index contributed by atoms with van der Waals surface area (Å²) in [5.41, 5.74) is 4.43. The van der Waals surface area contributed by atoms with Gasteiger partial charge in [0.25, 0.3) is 0 Å². The van der Waals surface area contributed by atoms with Crippen molar-refractivity contribution in [3.8, 4) is 28.4 Å². The van der Waals surface area contributed by atoms with Crippen LogP contribution < -0.4 is 10.1 Å². The lowest BCUT2D eigenvalue weighted by molar-refractivity contribution is -0.120. The average molecular weight is 448 g/mol. The van der Waals surface area contributed by atoms with E-state index < -0.39 is 0 Å². The topological polar surface area (TPSA) is 74.0 Å². The fourth-order valence-electron chi connectivity index (χ4n) is 3.82. The molecule has 2 heterocycles. The van der Waals surface area contributed by atoms with E-state index in [1.165, 1.54) is 12.1 Å². The lowest BCUT2D eigenvalue weighted by atomic mass is 10.1. The van der Waals surface area contributed by atoms with Crippen LogP contribution in [0.4, 0.5) is 4.39 Å². The molecule has 1 amide bonds. The number of amides is 1. The minimum Gasteiger partial charge on any atom is -0.496 e. The zero-order chi connectivity index (χ0) is 23.4. The first kappa shape index (κ1) is 22.3. The summed E-state index contributed by atoms with van der Waals surface area (Å²) in [6.07, 6.45) is 5.62. The van der Waals surface area contributed by atoms with Crippen LogP contribution in [-0.4, -0.2) is 38.9 Å². The molecule has 0 radical (unpaired) electrons. The van der Waals surface area contributed by atoms with Gasteiger partial charge in [0.2, 0.25) is 5.91 Å². The number of aryl methyl sites for hydroxylation is 2. The number of carbonyl (C=O) groups excluding carboxylic acids is 1. The van der Waals surface area contributed by atoms with Crippen LogP contribution >= 0.6 is 0 Å². The molecule has 170 valence electrons. The fraction of sp³-hybridized carbons (Fsp3) is 0.240. The van der Waals surface area contributed by atoms with Gasteiger partial charge < -0.3 is 14.6 Å². The van der Waals surface area contributed by atoms with Gasteiger partial charge in [-0.1, -0.05) is 24.3 Å². The van der Waals surface area contributed by atoms with Crippen LogP contribution in [0.3, 0.4) is 0 Å². The molecule has 0 aliphatic heterocycles. The molecule has 7 nitrogen and oxygen atoms in total. The number of nitrogens with one attached hydrogen (secondary N) is 1. The largest absolute Gasteiger partial charge is 0.496 e. The first-order chi connectivity index (χ1) is 16.0. The van der Waals surface area contributed by atoms with Gasteiger partial charge in [0, 0.05) is 31.5 Å². The van der Waals surface area contributed by atoms with Crippen molar-refractivity contribution in [1.82, 2.24) is 24.6 Å². The quantitative estimate of drug-likeness (QED) is 0.446. The highest BCUT2D eigenvalue weighted by atomic mass is 19.1. The summed E-state index contributed by atoms with van der Waals surface area (Å²) in [4.78, 5) is 16.9. The number of imidazole rings is 1. The highest BCUT2D eigenvalue weighted by Crippen LogP contribution is 2.31. The van der Waals surface area contributed by atoms with Gasteiger partial charge in [0.1, 0.15) is 17.3 Å². The van der Waals surface area contributed by atoms with Gasteiger partial charge >= 0.3 is 0 Å². The molecule has 1 N–H and O–H groups in total. The Hall–Kier alpha value is -3.94. The van der Waals surface area contributed by atoms with Crippen molar-refractivity contribution in [3.63, 3.8) is 0 Å². The number of rotatable bonds is 8. The maximum absolute atomic E-state index is 13.4. The molecule has 0 fully saturated rings. The third kappa shape index (κ3) is 4.95. The van der Waals surface area contributed by atoms with E-state index in [9.17, 15) is 9.18 Å². The van der Waals surface area contributed by atoms with E-state index in [0.717, 1.165) is 39.5 Å². The maximum atomic E-state index is 13.4. The molecule has 0 aliphatic rings. The van der Waals surface area contributed by atoms with Crippen LogP contribution in [0.15, 0.2) is 61.1 Å². The first-order valence-corrected chi connectivity index (χ1v) is 10.7. The average Bonchev–Trinajstić information content (AvgIpc) is 3.40. The second kappa shape index (κ2) is 9.68. The zero-order valence-electron chi connectivity index (χ0n) is 18.9.